The largest absolute Gasteiger partial charge is 0.492 e. The van der Waals surface area contributed by atoms with E-state index in [0.717, 1.165) is 4.47 Å². The molecule has 20 heavy (non-hydrogen) atoms. The van der Waals surface area contributed by atoms with Gasteiger partial charge in [-0.15, -0.1) is 0 Å². The summed E-state index contributed by atoms with van der Waals surface area (Å²) in [5, 5.41) is 0.623. The van der Waals surface area contributed by atoms with Crippen molar-refractivity contribution in [2.24, 2.45) is 5.73 Å². The zero-order chi connectivity index (χ0) is 15.1. The average molecular weight is 380 g/mol. The molecule has 0 saturated carbocycles. The van der Waals surface area contributed by atoms with Crippen molar-refractivity contribution < 1.29 is 9.53 Å². The van der Waals surface area contributed by atoms with E-state index in [2.05, 4.69) is 15.9 Å². The summed E-state index contributed by atoms with van der Waals surface area (Å²) in [6.07, 6.45) is 0.823. The lowest BCUT2D eigenvalue weighted by molar-refractivity contribution is -0.130. The molecule has 0 saturated heterocycles. The number of carbonyl (C=O) groups excluding carboxylic acids is 1. The number of nitrogens with two attached hydrogens (primary N) is 1. The zero-order valence-electron chi connectivity index (χ0n) is 11.1. The maximum absolute atomic E-state index is 11.8. The Labute approximate surface area is 137 Å². The Balaban J connectivity index is 2.36. The number of thiocarbonyl (C=S) groups is 1. The summed E-state index contributed by atoms with van der Waals surface area (Å²) in [6, 6.07) is 5.23. The predicted octanol–water partition coefficient (Wildman–Crippen LogP) is 3.01. The third-order valence-electron chi connectivity index (χ3n) is 2.59. The van der Waals surface area contributed by atoms with Gasteiger partial charge in [-0.3, -0.25) is 4.79 Å². The highest BCUT2D eigenvalue weighted by molar-refractivity contribution is 9.10. The van der Waals surface area contributed by atoms with Crippen molar-refractivity contribution in [3.63, 3.8) is 0 Å². The summed E-state index contributed by atoms with van der Waals surface area (Å²) < 4.78 is 6.30. The molecule has 0 aromatic heterocycles. The minimum Gasteiger partial charge on any atom is -0.492 e. The van der Waals surface area contributed by atoms with Crippen molar-refractivity contribution in [3.8, 4) is 5.75 Å². The third-order valence-corrected chi connectivity index (χ3v) is 3.65. The molecule has 0 unspecified atom stereocenters. The van der Waals surface area contributed by atoms with Gasteiger partial charge in [-0.2, -0.15) is 0 Å². The van der Waals surface area contributed by atoms with Crippen molar-refractivity contribution in [2.45, 2.75) is 12.8 Å². The minimum atomic E-state index is -0.00802. The average Bonchev–Trinajstić information content (AvgIpc) is 2.38. The fourth-order valence-electron chi connectivity index (χ4n) is 1.43. The molecule has 1 aromatic carbocycles. The maximum atomic E-state index is 11.8. The van der Waals surface area contributed by atoms with Gasteiger partial charge in [0.1, 0.15) is 5.75 Å². The van der Waals surface area contributed by atoms with Gasteiger partial charge in [0, 0.05) is 25.0 Å². The van der Waals surface area contributed by atoms with Crippen LogP contribution in [0, 0.1) is 0 Å². The molecule has 0 heterocycles. The Bertz CT molecular complexity index is 499. The van der Waals surface area contributed by atoms with Crippen LogP contribution in [0.5, 0.6) is 5.75 Å². The SMILES string of the molecule is CN(CCC(N)=S)C(=O)CCOc1ccc(Cl)cc1Br. The Hall–Kier alpha value is -0.850. The number of benzene rings is 1. The third kappa shape index (κ3) is 6.07. The molecule has 1 amide bonds. The van der Waals surface area contributed by atoms with Crippen molar-refractivity contribution in [2.75, 3.05) is 20.2 Å². The topological polar surface area (TPSA) is 55.6 Å². The molecule has 110 valence electrons. The number of hydrogen-bond acceptors (Lipinski definition) is 3. The highest BCUT2D eigenvalue weighted by Gasteiger charge is 2.09. The highest BCUT2D eigenvalue weighted by Crippen LogP contribution is 2.27. The van der Waals surface area contributed by atoms with Gasteiger partial charge in [0.25, 0.3) is 0 Å². The Morgan fingerprint density at radius 3 is 2.80 bits per heavy atom. The fraction of sp³-hybridized carbons (Fsp3) is 0.385. The van der Waals surface area contributed by atoms with Crippen LogP contribution >= 0.6 is 39.7 Å². The molecule has 0 bridgehead atoms. The van der Waals surface area contributed by atoms with Gasteiger partial charge in [0.05, 0.1) is 22.5 Å². The monoisotopic (exact) mass is 378 g/mol. The number of halogens is 2. The predicted molar refractivity (Wildman–Crippen MR) is 88.3 cm³/mol. The molecule has 0 aliphatic heterocycles. The van der Waals surface area contributed by atoms with Gasteiger partial charge < -0.3 is 15.4 Å². The van der Waals surface area contributed by atoms with E-state index in [1.54, 1.807) is 30.1 Å². The first-order chi connectivity index (χ1) is 9.40. The molecule has 7 heteroatoms. The van der Waals surface area contributed by atoms with Crippen molar-refractivity contribution in [1.29, 1.82) is 0 Å². The van der Waals surface area contributed by atoms with Crippen LogP contribution in [0.4, 0.5) is 0 Å². The summed E-state index contributed by atoms with van der Waals surface area (Å²) in [4.78, 5) is 13.8. The van der Waals surface area contributed by atoms with E-state index >= 15 is 0 Å². The van der Waals surface area contributed by atoms with Gasteiger partial charge >= 0.3 is 0 Å². The normalized spacial score (nSPS) is 10.2. The number of rotatable bonds is 7. The second kappa shape index (κ2) is 8.44. The summed E-state index contributed by atoms with van der Waals surface area (Å²) in [6.45, 7) is 0.829. The molecule has 0 fully saturated rings. The van der Waals surface area contributed by atoms with Gasteiger partial charge in [-0.05, 0) is 34.1 Å². The summed E-state index contributed by atoms with van der Waals surface area (Å²) in [5.41, 5.74) is 5.40. The van der Waals surface area contributed by atoms with Crippen molar-refractivity contribution in [3.05, 3.63) is 27.7 Å². The molecule has 4 nitrogen and oxygen atoms in total. The van der Waals surface area contributed by atoms with Crippen LogP contribution in [0.2, 0.25) is 5.02 Å². The number of nitrogens with zero attached hydrogens (tertiary/aromatic N) is 1. The quantitative estimate of drug-likeness (QED) is 0.740. The van der Waals surface area contributed by atoms with E-state index < -0.39 is 0 Å². The Morgan fingerprint density at radius 2 is 2.20 bits per heavy atom. The van der Waals surface area contributed by atoms with Crippen LogP contribution in [-0.2, 0) is 4.79 Å². The second-order valence-corrected chi connectivity index (χ2v) is 6.02. The Morgan fingerprint density at radius 1 is 1.50 bits per heavy atom. The number of hydrogen-bond donors (Lipinski definition) is 1. The van der Waals surface area contributed by atoms with E-state index in [1.165, 1.54) is 0 Å². The molecule has 0 radical (unpaired) electrons. The first-order valence-electron chi connectivity index (χ1n) is 6.00. The molecule has 1 rings (SSSR count). The first kappa shape index (κ1) is 17.2. The highest BCUT2D eigenvalue weighted by atomic mass is 79.9. The molecule has 0 spiro atoms. The zero-order valence-corrected chi connectivity index (χ0v) is 14.2. The van der Waals surface area contributed by atoms with Gasteiger partial charge in [-0.1, -0.05) is 23.8 Å². The van der Waals surface area contributed by atoms with E-state index in [-0.39, 0.29) is 5.91 Å². The minimum absolute atomic E-state index is 0.00802. The van der Waals surface area contributed by atoms with E-state index in [4.69, 9.17) is 34.3 Å². The van der Waals surface area contributed by atoms with Crippen LogP contribution in [0.3, 0.4) is 0 Å². The van der Waals surface area contributed by atoms with Gasteiger partial charge in [0.15, 0.2) is 0 Å². The molecule has 0 aliphatic rings. The van der Waals surface area contributed by atoms with Crippen LogP contribution < -0.4 is 10.5 Å². The summed E-state index contributed by atoms with van der Waals surface area (Å²) >= 11 is 14.0. The standard InChI is InChI=1S/C13H16BrClN2O2S/c1-17(6-4-12(16)20)13(18)5-7-19-11-3-2-9(15)8-10(11)14/h2-3,8H,4-7H2,1H3,(H2,16,20). The smallest absolute Gasteiger partial charge is 0.225 e. The van der Waals surface area contributed by atoms with Gasteiger partial charge in [0.2, 0.25) is 5.91 Å². The number of amides is 1. The van der Waals surface area contributed by atoms with Crippen molar-refractivity contribution in [1.82, 2.24) is 4.90 Å². The summed E-state index contributed by atoms with van der Waals surface area (Å²) in [7, 11) is 1.72. The van der Waals surface area contributed by atoms with Crippen LogP contribution in [0.25, 0.3) is 0 Å². The van der Waals surface area contributed by atoms with Crippen LogP contribution in [-0.4, -0.2) is 36.0 Å². The van der Waals surface area contributed by atoms with E-state index in [1.807, 2.05) is 0 Å². The Kier molecular flexibility index (Phi) is 7.26. The van der Waals surface area contributed by atoms with Crippen LogP contribution in [0.1, 0.15) is 12.8 Å². The number of carbonyl (C=O) groups is 1. The first-order valence-corrected chi connectivity index (χ1v) is 7.58. The lowest BCUT2D eigenvalue weighted by atomic mass is 10.3. The molecular formula is C13H16BrClN2O2S. The van der Waals surface area contributed by atoms with Crippen LogP contribution in [0.15, 0.2) is 22.7 Å². The molecule has 0 atom stereocenters. The van der Waals surface area contributed by atoms with E-state index in [9.17, 15) is 4.79 Å². The summed E-state index contributed by atoms with van der Waals surface area (Å²) in [5.74, 6) is 0.652. The fourth-order valence-corrected chi connectivity index (χ4v) is 2.32. The molecule has 1 aromatic rings. The van der Waals surface area contributed by atoms with Crippen molar-refractivity contribution >= 4 is 50.6 Å². The maximum Gasteiger partial charge on any atom is 0.225 e. The number of ether oxygens (including phenoxy) is 1. The molecular weight excluding hydrogens is 364 g/mol. The van der Waals surface area contributed by atoms with E-state index in [0.29, 0.717) is 41.8 Å². The second-order valence-electron chi connectivity index (χ2n) is 4.20. The molecule has 0 aliphatic carbocycles. The lowest BCUT2D eigenvalue weighted by Gasteiger charge is -2.17. The lowest BCUT2D eigenvalue weighted by Crippen LogP contribution is -2.30. The van der Waals surface area contributed by atoms with Gasteiger partial charge in [-0.25, -0.2) is 0 Å². The molecule has 2 N–H and O–H groups in total.